The number of para-hydroxylation sites is 1. The molecule has 0 aromatic heterocycles. The normalized spacial score (nSPS) is 10.3. The summed E-state index contributed by atoms with van der Waals surface area (Å²) in [5.74, 6) is -0.354. The van der Waals surface area contributed by atoms with Crippen molar-refractivity contribution in [2.24, 2.45) is 0 Å². The zero-order valence-electron chi connectivity index (χ0n) is 10.9. The molecule has 0 heterocycles. The number of benzene rings is 1. The van der Waals surface area contributed by atoms with Crippen LogP contribution in [-0.4, -0.2) is 17.4 Å². The molecule has 104 valence electrons. The number of nitrogens with zero attached hydrogens (tertiary/aromatic N) is 2. The molecule has 19 heavy (non-hydrogen) atoms. The standard InChI is InChI=1S/C12H16ClN3O3/c1-3-4-8-14-15(9(2)17)12-10(13)6-5-7-11(12)16(18)19/h5-7,14H,3-4,8H2,1-2H3. The number of nitrogens with one attached hydrogen (secondary N) is 1. The van der Waals surface area contributed by atoms with Crippen LogP contribution in [0.4, 0.5) is 11.4 Å². The second-order valence-electron chi connectivity index (χ2n) is 3.98. The SMILES string of the molecule is CCCCNN(C(C)=O)c1c(Cl)cccc1[N+](=O)[O-]. The minimum absolute atomic E-state index is 0.0813. The first-order valence-corrected chi connectivity index (χ1v) is 6.34. The maximum absolute atomic E-state index is 11.6. The molecule has 0 fully saturated rings. The molecule has 1 aromatic carbocycles. The number of hydrogen-bond acceptors (Lipinski definition) is 4. The van der Waals surface area contributed by atoms with Crippen molar-refractivity contribution in [3.8, 4) is 0 Å². The number of nitro benzene ring substituents is 1. The van der Waals surface area contributed by atoms with E-state index in [0.717, 1.165) is 17.9 Å². The Morgan fingerprint density at radius 3 is 2.74 bits per heavy atom. The smallest absolute Gasteiger partial charge is 0.273 e. The number of anilines is 1. The van der Waals surface area contributed by atoms with Crippen molar-refractivity contribution in [2.45, 2.75) is 26.7 Å². The third kappa shape index (κ3) is 3.90. The molecule has 1 rings (SSSR count). The van der Waals surface area contributed by atoms with Gasteiger partial charge in [-0.3, -0.25) is 14.9 Å². The van der Waals surface area contributed by atoms with Crippen LogP contribution in [0.5, 0.6) is 0 Å². The molecule has 0 aliphatic carbocycles. The van der Waals surface area contributed by atoms with Crippen LogP contribution >= 0.6 is 11.6 Å². The van der Waals surface area contributed by atoms with Gasteiger partial charge in [0, 0.05) is 19.5 Å². The maximum Gasteiger partial charge on any atom is 0.295 e. The summed E-state index contributed by atoms with van der Waals surface area (Å²) >= 11 is 5.99. The van der Waals surface area contributed by atoms with Crippen molar-refractivity contribution in [1.29, 1.82) is 0 Å². The number of carbonyl (C=O) groups is 1. The third-order valence-electron chi connectivity index (χ3n) is 2.50. The number of hydrazine groups is 1. The predicted octanol–water partition coefficient (Wildman–Crippen LogP) is 2.91. The van der Waals surface area contributed by atoms with E-state index in [1.54, 1.807) is 0 Å². The molecule has 0 aliphatic rings. The van der Waals surface area contributed by atoms with E-state index in [1.807, 2.05) is 6.92 Å². The summed E-state index contributed by atoms with van der Waals surface area (Å²) in [5.41, 5.74) is 2.75. The molecule has 0 radical (unpaired) electrons. The second kappa shape index (κ2) is 7.06. The Balaban J connectivity index is 3.14. The van der Waals surface area contributed by atoms with E-state index in [-0.39, 0.29) is 22.3 Å². The Kier molecular flexibility index (Phi) is 5.72. The molecule has 0 aliphatic heterocycles. The van der Waals surface area contributed by atoms with Crippen LogP contribution in [-0.2, 0) is 4.79 Å². The molecule has 0 unspecified atom stereocenters. The molecule has 0 saturated carbocycles. The van der Waals surface area contributed by atoms with E-state index in [2.05, 4.69) is 5.43 Å². The number of hydrogen-bond donors (Lipinski definition) is 1. The van der Waals surface area contributed by atoms with Gasteiger partial charge in [-0.2, -0.15) is 0 Å². The van der Waals surface area contributed by atoms with Crippen LogP contribution in [0.15, 0.2) is 18.2 Å². The number of unbranched alkanes of at least 4 members (excludes halogenated alkanes) is 1. The van der Waals surface area contributed by atoms with Crippen molar-refractivity contribution in [1.82, 2.24) is 5.43 Å². The number of nitro groups is 1. The van der Waals surface area contributed by atoms with Gasteiger partial charge in [0.05, 0.1) is 9.95 Å². The molecule has 7 heteroatoms. The lowest BCUT2D eigenvalue weighted by Gasteiger charge is -2.22. The zero-order chi connectivity index (χ0) is 14.4. The largest absolute Gasteiger partial charge is 0.295 e. The first-order valence-electron chi connectivity index (χ1n) is 5.96. The van der Waals surface area contributed by atoms with Crippen LogP contribution in [0.1, 0.15) is 26.7 Å². The first-order chi connectivity index (χ1) is 8.99. The number of amides is 1. The fraction of sp³-hybridized carbons (Fsp3) is 0.417. The van der Waals surface area contributed by atoms with E-state index in [4.69, 9.17) is 11.6 Å². The number of carbonyl (C=O) groups excluding carboxylic acids is 1. The summed E-state index contributed by atoms with van der Waals surface area (Å²) in [4.78, 5) is 22.1. The van der Waals surface area contributed by atoms with Gasteiger partial charge in [0.1, 0.15) is 0 Å². The van der Waals surface area contributed by atoms with Gasteiger partial charge >= 0.3 is 0 Å². The lowest BCUT2D eigenvalue weighted by atomic mass is 10.2. The predicted molar refractivity (Wildman–Crippen MR) is 74.2 cm³/mol. The molecular weight excluding hydrogens is 270 g/mol. The molecule has 6 nitrogen and oxygen atoms in total. The fourth-order valence-corrected chi connectivity index (χ4v) is 1.84. The summed E-state index contributed by atoms with van der Waals surface area (Å²) in [6.45, 7) is 3.88. The van der Waals surface area contributed by atoms with Gasteiger partial charge in [-0.15, -0.1) is 0 Å². The molecule has 1 N–H and O–H groups in total. The topological polar surface area (TPSA) is 75.5 Å². The van der Waals surface area contributed by atoms with E-state index in [1.165, 1.54) is 25.1 Å². The van der Waals surface area contributed by atoms with Gasteiger partial charge in [0.15, 0.2) is 5.69 Å². The van der Waals surface area contributed by atoms with Gasteiger partial charge in [0.2, 0.25) is 5.91 Å². The zero-order valence-corrected chi connectivity index (χ0v) is 11.6. The minimum atomic E-state index is -0.557. The third-order valence-corrected chi connectivity index (χ3v) is 2.81. The lowest BCUT2D eigenvalue weighted by molar-refractivity contribution is -0.384. The van der Waals surface area contributed by atoms with E-state index < -0.39 is 4.92 Å². The minimum Gasteiger partial charge on any atom is -0.273 e. The summed E-state index contributed by atoms with van der Waals surface area (Å²) < 4.78 is 0. The monoisotopic (exact) mass is 285 g/mol. The molecule has 1 aromatic rings. The summed E-state index contributed by atoms with van der Waals surface area (Å²) in [5, 5.41) is 12.3. The van der Waals surface area contributed by atoms with Crippen LogP contribution < -0.4 is 10.4 Å². The molecule has 0 bridgehead atoms. The van der Waals surface area contributed by atoms with Gasteiger partial charge < -0.3 is 0 Å². The van der Waals surface area contributed by atoms with Crippen LogP contribution in [0, 0.1) is 10.1 Å². The van der Waals surface area contributed by atoms with E-state index in [0.29, 0.717) is 6.54 Å². The lowest BCUT2D eigenvalue weighted by Crippen LogP contribution is -2.42. The number of rotatable bonds is 6. The average molecular weight is 286 g/mol. The van der Waals surface area contributed by atoms with Crippen LogP contribution in [0.3, 0.4) is 0 Å². The van der Waals surface area contributed by atoms with Crippen LogP contribution in [0.2, 0.25) is 5.02 Å². The second-order valence-corrected chi connectivity index (χ2v) is 4.39. The highest BCUT2D eigenvalue weighted by atomic mass is 35.5. The summed E-state index contributed by atoms with van der Waals surface area (Å²) in [7, 11) is 0. The van der Waals surface area contributed by atoms with E-state index in [9.17, 15) is 14.9 Å². The summed E-state index contributed by atoms with van der Waals surface area (Å²) in [6.07, 6.45) is 1.80. The highest BCUT2D eigenvalue weighted by molar-refractivity contribution is 6.34. The maximum atomic E-state index is 11.6. The van der Waals surface area contributed by atoms with Crippen molar-refractivity contribution in [2.75, 3.05) is 11.6 Å². The van der Waals surface area contributed by atoms with Crippen molar-refractivity contribution >= 4 is 28.9 Å². The summed E-state index contributed by atoms with van der Waals surface area (Å²) in [6, 6.07) is 4.31. The molecule has 0 atom stereocenters. The Morgan fingerprint density at radius 2 is 2.21 bits per heavy atom. The fourth-order valence-electron chi connectivity index (χ4n) is 1.59. The Hall–Kier alpha value is -1.66. The van der Waals surface area contributed by atoms with Crippen molar-refractivity contribution in [3.63, 3.8) is 0 Å². The molecule has 0 saturated heterocycles. The first kappa shape index (κ1) is 15.4. The highest BCUT2D eigenvalue weighted by Crippen LogP contribution is 2.34. The Labute approximate surface area is 116 Å². The van der Waals surface area contributed by atoms with E-state index >= 15 is 0 Å². The Morgan fingerprint density at radius 1 is 1.53 bits per heavy atom. The van der Waals surface area contributed by atoms with Gasteiger partial charge in [0.25, 0.3) is 5.69 Å². The van der Waals surface area contributed by atoms with Crippen molar-refractivity contribution in [3.05, 3.63) is 33.3 Å². The highest BCUT2D eigenvalue weighted by Gasteiger charge is 2.25. The average Bonchev–Trinajstić information content (AvgIpc) is 2.34. The number of halogens is 1. The quantitative estimate of drug-likeness (QED) is 0.495. The van der Waals surface area contributed by atoms with Gasteiger partial charge in [-0.25, -0.2) is 10.4 Å². The van der Waals surface area contributed by atoms with Gasteiger partial charge in [-0.1, -0.05) is 31.0 Å². The molecule has 1 amide bonds. The molecule has 0 spiro atoms. The van der Waals surface area contributed by atoms with Gasteiger partial charge in [-0.05, 0) is 12.5 Å². The Bertz CT molecular complexity index is 479. The molecular formula is C12H16ClN3O3. The van der Waals surface area contributed by atoms with Crippen molar-refractivity contribution < 1.29 is 9.72 Å². The van der Waals surface area contributed by atoms with Crippen LogP contribution in [0.25, 0.3) is 0 Å².